The molecule has 1 fully saturated rings. The first-order chi connectivity index (χ1) is 15.2. The molecule has 0 bridgehead atoms. The summed E-state index contributed by atoms with van der Waals surface area (Å²) in [5, 5.41) is 3.74. The largest absolute Gasteiger partial charge is 0.431 e. The summed E-state index contributed by atoms with van der Waals surface area (Å²) in [6.45, 7) is 4.02. The first-order valence-electron chi connectivity index (χ1n) is 10.2. The van der Waals surface area contributed by atoms with E-state index in [1.807, 2.05) is 47.4 Å². The molecule has 3 heterocycles. The second kappa shape index (κ2) is 10.5. The number of para-hydroxylation sites is 2. The fourth-order valence-electron chi connectivity index (χ4n) is 3.60. The number of hydrogen-bond acceptors (Lipinski definition) is 7. The van der Waals surface area contributed by atoms with E-state index in [1.165, 1.54) is 11.8 Å². The zero-order valence-electron chi connectivity index (χ0n) is 17.3. The van der Waals surface area contributed by atoms with Crippen LogP contribution >= 0.6 is 35.5 Å². The number of aromatic nitrogens is 2. The van der Waals surface area contributed by atoms with Crippen molar-refractivity contribution in [2.75, 3.05) is 31.9 Å². The molecule has 0 saturated carbocycles. The average Bonchev–Trinajstić information content (AvgIpc) is 3.45. The van der Waals surface area contributed by atoms with Gasteiger partial charge in [-0.15, -0.1) is 23.7 Å². The van der Waals surface area contributed by atoms with E-state index in [2.05, 4.69) is 27.4 Å². The van der Waals surface area contributed by atoms with Crippen LogP contribution in [0.25, 0.3) is 21.7 Å². The number of carbonyl (C=O) groups excluding carboxylic acids is 1. The molecule has 6 nitrogen and oxygen atoms in total. The Kier molecular flexibility index (Phi) is 7.47. The van der Waals surface area contributed by atoms with Crippen LogP contribution in [-0.4, -0.2) is 57.6 Å². The highest BCUT2D eigenvalue weighted by Crippen LogP contribution is 2.25. The molecule has 1 aliphatic heterocycles. The number of carbonyl (C=O) groups is 1. The minimum absolute atomic E-state index is 0. The number of rotatable bonds is 6. The third-order valence-electron chi connectivity index (χ3n) is 5.28. The lowest BCUT2D eigenvalue weighted by Gasteiger charge is -2.34. The summed E-state index contributed by atoms with van der Waals surface area (Å²) in [6.07, 6.45) is 0. The predicted octanol–water partition coefficient (Wildman–Crippen LogP) is 4.81. The quantitative estimate of drug-likeness (QED) is 0.364. The number of thioether (sulfide) groups is 1. The number of benzene rings is 2. The molecule has 1 amide bonds. The van der Waals surface area contributed by atoms with E-state index in [-0.39, 0.29) is 18.3 Å². The van der Waals surface area contributed by atoms with Gasteiger partial charge in [0.25, 0.3) is 5.22 Å². The van der Waals surface area contributed by atoms with Crippen molar-refractivity contribution in [3.05, 3.63) is 65.7 Å². The van der Waals surface area contributed by atoms with Gasteiger partial charge in [-0.05, 0) is 12.1 Å². The SMILES string of the molecule is Cl.O=C(CSc1nc2ccccc2o1)N1CCN(Cc2csc(-c3ccccc3)n2)CC1. The number of fused-ring (bicyclic) bond motifs is 1. The molecule has 2 aromatic carbocycles. The lowest BCUT2D eigenvalue weighted by atomic mass is 10.2. The van der Waals surface area contributed by atoms with Crippen molar-refractivity contribution in [3.63, 3.8) is 0 Å². The third-order valence-corrected chi connectivity index (χ3v) is 7.03. The van der Waals surface area contributed by atoms with E-state index in [1.54, 1.807) is 11.3 Å². The minimum Gasteiger partial charge on any atom is -0.431 e. The smallest absolute Gasteiger partial charge is 0.257 e. The minimum atomic E-state index is 0. The van der Waals surface area contributed by atoms with Gasteiger partial charge < -0.3 is 9.32 Å². The molecule has 0 spiro atoms. The molecule has 5 rings (SSSR count). The Morgan fingerprint density at radius 2 is 1.75 bits per heavy atom. The summed E-state index contributed by atoms with van der Waals surface area (Å²) in [5.41, 5.74) is 3.83. The van der Waals surface area contributed by atoms with Crippen molar-refractivity contribution in [2.24, 2.45) is 0 Å². The number of amides is 1. The molecule has 0 radical (unpaired) electrons. The highest BCUT2D eigenvalue weighted by molar-refractivity contribution is 7.99. The van der Waals surface area contributed by atoms with E-state index in [4.69, 9.17) is 9.40 Å². The van der Waals surface area contributed by atoms with Crippen LogP contribution in [0.2, 0.25) is 0 Å². The zero-order chi connectivity index (χ0) is 21.0. The highest BCUT2D eigenvalue weighted by Gasteiger charge is 2.22. The van der Waals surface area contributed by atoms with Gasteiger partial charge in [-0.2, -0.15) is 0 Å². The van der Waals surface area contributed by atoms with E-state index in [9.17, 15) is 4.79 Å². The van der Waals surface area contributed by atoms with Crippen LogP contribution in [0.1, 0.15) is 5.69 Å². The molecule has 2 aromatic heterocycles. The Morgan fingerprint density at radius 3 is 2.53 bits per heavy atom. The number of nitrogens with zero attached hydrogens (tertiary/aromatic N) is 4. The maximum Gasteiger partial charge on any atom is 0.257 e. The van der Waals surface area contributed by atoms with Crippen LogP contribution in [0.5, 0.6) is 0 Å². The first-order valence-corrected chi connectivity index (χ1v) is 12.1. The molecule has 1 aliphatic rings. The van der Waals surface area contributed by atoms with Crippen LogP contribution in [0.4, 0.5) is 0 Å². The maximum absolute atomic E-state index is 12.6. The standard InChI is InChI=1S/C23H22N4O2S2.ClH/c28-21(16-31-23-25-19-8-4-5-9-20(19)29-23)27-12-10-26(11-13-27)14-18-15-30-22(24-18)17-6-2-1-3-7-17;/h1-9,15H,10-14,16H2;1H. The molecular formula is C23H23ClN4O2S2. The van der Waals surface area contributed by atoms with Crippen molar-refractivity contribution in [3.8, 4) is 10.6 Å². The summed E-state index contributed by atoms with van der Waals surface area (Å²) in [4.78, 5) is 26.1. The number of oxazole rings is 1. The predicted molar refractivity (Wildman–Crippen MR) is 131 cm³/mol. The van der Waals surface area contributed by atoms with Crippen molar-refractivity contribution in [1.29, 1.82) is 0 Å². The Hall–Kier alpha value is -2.39. The topological polar surface area (TPSA) is 62.5 Å². The van der Waals surface area contributed by atoms with Gasteiger partial charge in [0.15, 0.2) is 5.58 Å². The lowest BCUT2D eigenvalue weighted by Crippen LogP contribution is -2.48. The van der Waals surface area contributed by atoms with Crippen LogP contribution in [0.15, 0.2) is 69.6 Å². The van der Waals surface area contributed by atoms with Crippen LogP contribution < -0.4 is 0 Å². The summed E-state index contributed by atoms with van der Waals surface area (Å²) < 4.78 is 5.69. The number of halogens is 1. The molecular weight excluding hydrogens is 464 g/mol. The molecule has 166 valence electrons. The van der Waals surface area contributed by atoms with Crippen molar-refractivity contribution in [2.45, 2.75) is 11.8 Å². The first kappa shape index (κ1) is 22.8. The van der Waals surface area contributed by atoms with Gasteiger partial charge >= 0.3 is 0 Å². The Labute approximate surface area is 201 Å². The Bertz CT molecular complexity index is 1140. The molecule has 0 atom stereocenters. The van der Waals surface area contributed by atoms with Crippen molar-refractivity contribution < 1.29 is 9.21 Å². The zero-order valence-corrected chi connectivity index (χ0v) is 19.8. The third kappa shape index (κ3) is 5.32. The van der Waals surface area contributed by atoms with Gasteiger partial charge in [-0.25, -0.2) is 9.97 Å². The van der Waals surface area contributed by atoms with Gasteiger partial charge in [0, 0.05) is 43.7 Å². The monoisotopic (exact) mass is 486 g/mol. The van der Waals surface area contributed by atoms with Crippen LogP contribution in [0, 0.1) is 0 Å². The van der Waals surface area contributed by atoms with Crippen LogP contribution in [0.3, 0.4) is 0 Å². The number of piperazine rings is 1. The molecule has 0 N–H and O–H groups in total. The second-order valence-corrected chi connectivity index (χ2v) is 9.19. The van der Waals surface area contributed by atoms with Crippen molar-refractivity contribution >= 4 is 52.5 Å². The summed E-state index contributed by atoms with van der Waals surface area (Å²) in [6, 6.07) is 17.9. The molecule has 0 aliphatic carbocycles. The second-order valence-electron chi connectivity index (χ2n) is 7.40. The molecule has 32 heavy (non-hydrogen) atoms. The number of hydrogen-bond donors (Lipinski definition) is 0. The molecule has 9 heteroatoms. The van der Waals surface area contributed by atoms with E-state index >= 15 is 0 Å². The van der Waals surface area contributed by atoms with Crippen LogP contribution in [-0.2, 0) is 11.3 Å². The van der Waals surface area contributed by atoms with Gasteiger partial charge in [0.05, 0.1) is 11.4 Å². The van der Waals surface area contributed by atoms with Gasteiger partial charge in [0.1, 0.15) is 10.5 Å². The normalized spacial score (nSPS) is 14.4. The average molecular weight is 487 g/mol. The van der Waals surface area contributed by atoms with Crippen molar-refractivity contribution in [1.82, 2.24) is 19.8 Å². The Balaban J connectivity index is 0.00000245. The summed E-state index contributed by atoms with van der Waals surface area (Å²) in [7, 11) is 0. The Morgan fingerprint density at radius 1 is 1.00 bits per heavy atom. The van der Waals surface area contributed by atoms with E-state index < -0.39 is 0 Å². The molecule has 4 aromatic rings. The number of thiazole rings is 1. The summed E-state index contributed by atoms with van der Waals surface area (Å²) >= 11 is 3.04. The van der Waals surface area contributed by atoms with E-state index in [0.717, 1.165) is 60.1 Å². The summed E-state index contributed by atoms with van der Waals surface area (Å²) in [5.74, 6) is 0.478. The fraction of sp³-hybridized carbons (Fsp3) is 0.261. The van der Waals surface area contributed by atoms with Gasteiger partial charge in [0.2, 0.25) is 5.91 Å². The molecule has 1 saturated heterocycles. The highest BCUT2D eigenvalue weighted by atomic mass is 35.5. The van der Waals surface area contributed by atoms with Gasteiger partial charge in [-0.3, -0.25) is 9.69 Å². The van der Waals surface area contributed by atoms with Gasteiger partial charge in [-0.1, -0.05) is 54.2 Å². The lowest BCUT2D eigenvalue weighted by molar-refractivity contribution is -0.130. The maximum atomic E-state index is 12.6. The fourth-order valence-corrected chi connectivity index (χ4v) is 5.16. The molecule has 0 unspecified atom stereocenters. The van der Waals surface area contributed by atoms with E-state index in [0.29, 0.717) is 11.0 Å².